The van der Waals surface area contributed by atoms with Crippen molar-refractivity contribution in [2.24, 2.45) is 0 Å². The average molecular weight is 349 g/mol. The maximum absolute atomic E-state index is 9.74. The Morgan fingerprint density at radius 1 is 0.762 bits per heavy atom. The van der Waals surface area contributed by atoms with Crippen molar-refractivity contribution in [1.82, 2.24) is 0 Å². The Balaban J connectivity index is 2.66. The van der Waals surface area contributed by atoms with Crippen LogP contribution in [0, 0.1) is 27.7 Å². The summed E-state index contributed by atoms with van der Waals surface area (Å²) in [6.45, 7) is 8.12. The second-order valence-electron chi connectivity index (χ2n) is 5.69. The second-order valence-corrected chi connectivity index (χ2v) is 6.34. The van der Waals surface area contributed by atoms with Crippen LogP contribution in [-0.2, 0) is 0 Å². The third-order valence-corrected chi connectivity index (χ3v) is 4.66. The average Bonchev–Trinajstić information content (AvgIpc) is 2.34. The molecule has 0 spiro atoms. The van der Waals surface area contributed by atoms with Gasteiger partial charge in [0.25, 0.3) is 0 Å². The Labute approximate surface area is 134 Å². The zero-order valence-electron chi connectivity index (χ0n) is 12.9. The molecule has 2 rings (SSSR count). The first kappa shape index (κ1) is 15.9. The molecule has 2 N–H and O–H groups in total. The van der Waals surface area contributed by atoms with Gasteiger partial charge in [-0.2, -0.15) is 0 Å². The summed E-state index contributed by atoms with van der Waals surface area (Å²) in [6.07, 6.45) is 0. The van der Waals surface area contributed by atoms with E-state index >= 15 is 0 Å². The number of halogens is 1. The Bertz CT molecular complexity index is 573. The summed E-state index contributed by atoms with van der Waals surface area (Å²) in [4.78, 5) is 0. The number of aromatic hydroxyl groups is 2. The molecule has 3 heteroatoms. The van der Waals surface area contributed by atoms with Crippen molar-refractivity contribution in [1.29, 1.82) is 0 Å². The van der Waals surface area contributed by atoms with Crippen LogP contribution < -0.4 is 0 Å². The number of benzene rings is 2. The highest BCUT2D eigenvalue weighted by Crippen LogP contribution is 2.37. The van der Waals surface area contributed by atoms with E-state index in [0.717, 1.165) is 27.6 Å². The molecule has 0 bridgehead atoms. The van der Waals surface area contributed by atoms with E-state index in [1.165, 1.54) is 11.1 Å². The van der Waals surface area contributed by atoms with E-state index in [1.54, 1.807) is 0 Å². The van der Waals surface area contributed by atoms with Crippen LogP contribution in [0.4, 0.5) is 0 Å². The van der Waals surface area contributed by atoms with Gasteiger partial charge in [-0.1, -0.05) is 15.9 Å². The third-order valence-electron chi connectivity index (χ3n) is 4.01. The zero-order chi connectivity index (χ0) is 15.7. The minimum Gasteiger partial charge on any atom is -0.508 e. The van der Waals surface area contributed by atoms with E-state index in [4.69, 9.17) is 0 Å². The highest BCUT2D eigenvalue weighted by molar-refractivity contribution is 9.09. The Kier molecular flexibility index (Phi) is 4.62. The molecule has 0 aliphatic rings. The number of phenolic OH excluding ortho intramolecular Hbond substituents is 2. The summed E-state index contributed by atoms with van der Waals surface area (Å²) < 4.78 is 0. The van der Waals surface area contributed by atoms with Crippen molar-refractivity contribution < 1.29 is 10.2 Å². The first-order valence-corrected chi connectivity index (χ1v) is 8.13. The van der Waals surface area contributed by atoms with E-state index in [2.05, 4.69) is 15.9 Å². The molecule has 0 fully saturated rings. The van der Waals surface area contributed by atoms with Gasteiger partial charge in [-0.3, -0.25) is 0 Å². The van der Waals surface area contributed by atoms with Crippen LogP contribution in [0.15, 0.2) is 24.3 Å². The van der Waals surface area contributed by atoms with Gasteiger partial charge in [-0.25, -0.2) is 0 Å². The van der Waals surface area contributed by atoms with Crippen LogP contribution in [0.5, 0.6) is 11.5 Å². The lowest BCUT2D eigenvalue weighted by Crippen LogP contribution is -2.10. The van der Waals surface area contributed by atoms with Crippen molar-refractivity contribution in [2.75, 3.05) is 5.33 Å². The Morgan fingerprint density at radius 3 is 1.29 bits per heavy atom. The molecule has 112 valence electrons. The summed E-state index contributed by atoms with van der Waals surface area (Å²) >= 11 is 3.64. The predicted octanol–water partition coefficient (Wildman–Crippen LogP) is 4.86. The smallest absolute Gasteiger partial charge is 0.116 e. The van der Waals surface area contributed by atoms with E-state index in [1.807, 2.05) is 52.0 Å². The molecule has 0 radical (unpaired) electrons. The number of rotatable bonds is 3. The van der Waals surface area contributed by atoms with Gasteiger partial charge in [0.15, 0.2) is 0 Å². The molecule has 0 saturated heterocycles. The molecule has 0 heterocycles. The van der Waals surface area contributed by atoms with Crippen LogP contribution in [0.25, 0.3) is 0 Å². The Hall–Kier alpha value is -1.48. The molecule has 0 aliphatic carbocycles. The molecular weight excluding hydrogens is 328 g/mol. The van der Waals surface area contributed by atoms with E-state index < -0.39 is 0 Å². The van der Waals surface area contributed by atoms with Crippen molar-refractivity contribution in [3.63, 3.8) is 0 Å². The summed E-state index contributed by atoms with van der Waals surface area (Å²) in [6, 6.07) is 7.23. The number of aryl methyl sites for hydroxylation is 4. The fourth-order valence-corrected chi connectivity index (χ4v) is 3.95. The predicted molar refractivity (Wildman–Crippen MR) is 90.8 cm³/mol. The van der Waals surface area contributed by atoms with E-state index in [-0.39, 0.29) is 5.92 Å². The van der Waals surface area contributed by atoms with Crippen molar-refractivity contribution >= 4 is 15.9 Å². The summed E-state index contributed by atoms with van der Waals surface area (Å²) in [5.41, 5.74) is 6.82. The van der Waals surface area contributed by atoms with E-state index in [9.17, 15) is 10.2 Å². The molecule has 21 heavy (non-hydrogen) atoms. The largest absolute Gasteiger partial charge is 0.508 e. The molecule has 0 aliphatic heterocycles. The van der Waals surface area contributed by atoms with Gasteiger partial charge in [0, 0.05) is 11.2 Å². The molecule has 0 atom stereocenters. The van der Waals surface area contributed by atoms with Crippen LogP contribution in [-0.4, -0.2) is 15.5 Å². The van der Waals surface area contributed by atoms with Crippen molar-refractivity contribution in [2.45, 2.75) is 33.6 Å². The second kappa shape index (κ2) is 6.10. The fraction of sp³-hybridized carbons (Fsp3) is 0.333. The molecule has 0 saturated carbocycles. The molecule has 2 nitrogen and oxygen atoms in total. The SMILES string of the molecule is Cc1cc(O)cc(C)c1C(CBr)c1c(C)cc(O)cc1C. The van der Waals surface area contributed by atoms with Crippen LogP contribution >= 0.6 is 15.9 Å². The topological polar surface area (TPSA) is 40.5 Å². The third kappa shape index (κ3) is 3.08. The quantitative estimate of drug-likeness (QED) is 0.777. The molecule has 0 aromatic heterocycles. The fourth-order valence-electron chi connectivity index (χ4n) is 3.30. The van der Waals surface area contributed by atoms with Gasteiger partial charge in [0.2, 0.25) is 0 Å². The minimum atomic E-state index is 0.200. The van der Waals surface area contributed by atoms with Crippen LogP contribution in [0.1, 0.15) is 39.3 Å². The molecular formula is C18H21BrO2. The van der Waals surface area contributed by atoms with Crippen molar-refractivity contribution in [3.8, 4) is 11.5 Å². The first-order chi connectivity index (χ1) is 9.85. The normalized spacial score (nSPS) is 11.1. The molecule has 0 amide bonds. The molecule has 2 aromatic carbocycles. The highest BCUT2D eigenvalue weighted by Gasteiger charge is 2.21. The number of phenols is 2. The lowest BCUT2D eigenvalue weighted by atomic mass is 9.82. The summed E-state index contributed by atoms with van der Waals surface area (Å²) in [5, 5.41) is 20.3. The van der Waals surface area contributed by atoms with Gasteiger partial charge in [-0.05, 0) is 85.3 Å². The highest BCUT2D eigenvalue weighted by atomic mass is 79.9. The Morgan fingerprint density at radius 2 is 1.05 bits per heavy atom. The monoisotopic (exact) mass is 348 g/mol. The van der Waals surface area contributed by atoms with Gasteiger partial charge >= 0.3 is 0 Å². The first-order valence-electron chi connectivity index (χ1n) is 7.01. The van der Waals surface area contributed by atoms with Crippen LogP contribution in [0.2, 0.25) is 0 Å². The molecule has 0 unspecified atom stereocenters. The van der Waals surface area contributed by atoms with Crippen LogP contribution in [0.3, 0.4) is 0 Å². The zero-order valence-corrected chi connectivity index (χ0v) is 14.5. The number of alkyl halides is 1. The van der Waals surface area contributed by atoms with Crippen molar-refractivity contribution in [3.05, 3.63) is 57.6 Å². The standard InChI is InChI=1S/C18H21BrO2/c1-10-5-14(20)6-11(2)17(10)16(9-19)18-12(3)7-15(21)8-13(18)4/h5-8,16,20-21H,9H2,1-4H3. The van der Waals surface area contributed by atoms with Gasteiger partial charge in [0.05, 0.1) is 0 Å². The number of hydrogen-bond donors (Lipinski definition) is 2. The number of hydrogen-bond acceptors (Lipinski definition) is 2. The maximum atomic E-state index is 9.74. The van der Waals surface area contributed by atoms with Gasteiger partial charge in [0.1, 0.15) is 11.5 Å². The molecule has 2 aromatic rings. The minimum absolute atomic E-state index is 0.200. The maximum Gasteiger partial charge on any atom is 0.116 e. The van der Waals surface area contributed by atoms with E-state index in [0.29, 0.717) is 11.5 Å². The lowest BCUT2D eigenvalue weighted by Gasteiger charge is -2.24. The summed E-state index contributed by atoms with van der Waals surface area (Å²) in [7, 11) is 0. The van der Waals surface area contributed by atoms with Gasteiger partial charge < -0.3 is 10.2 Å². The summed E-state index contributed by atoms with van der Waals surface area (Å²) in [5.74, 6) is 0.814. The lowest BCUT2D eigenvalue weighted by molar-refractivity contribution is 0.474. The van der Waals surface area contributed by atoms with Gasteiger partial charge in [-0.15, -0.1) is 0 Å².